The molecule has 2 rings (SSSR count). The zero-order valence-corrected chi connectivity index (χ0v) is 11.9. The van der Waals surface area contributed by atoms with Gasteiger partial charge in [-0.25, -0.2) is 9.18 Å². The van der Waals surface area contributed by atoms with Gasteiger partial charge in [0.25, 0.3) is 5.91 Å². The van der Waals surface area contributed by atoms with Crippen LogP contribution in [0, 0.1) is 12.7 Å². The third-order valence-corrected chi connectivity index (χ3v) is 3.51. The molecule has 110 valence electrons. The van der Waals surface area contributed by atoms with Crippen molar-refractivity contribution in [2.24, 2.45) is 0 Å². The average Bonchev–Trinajstić information content (AvgIpc) is 2.90. The number of anilines is 1. The first-order valence-electron chi connectivity index (χ1n) is 5.96. The van der Waals surface area contributed by atoms with E-state index in [1.54, 1.807) is 19.1 Å². The van der Waals surface area contributed by atoms with Gasteiger partial charge in [-0.05, 0) is 24.6 Å². The van der Waals surface area contributed by atoms with E-state index in [0.29, 0.717) is 17.0 Å². The summed E-state index contributed by atoms with van der Waals surface area (Å²) in [6.45, 7) is 1.34. The minimum absolute atomic E-state index is 0.131. The number of carbonyl (C=O) groups is 2. The van der Waals surface area contributed by atoms with Crippen molar-refractivity contribution in [2.45, 2.75) is 6.92 Å². The topological polar surface area (TPSA) is 75.6 Å². The number of carboxylic acid groups (broad SMARTS) is 1. The maximum Gasteiger partial charge on any atom is 0.346 e. The number of ether oxygens (including phenoxy) is 1. The lowest BCUT2D eigenvalue weighted by Gasteiger charge is -2.07. The predicted octanol–water partition coefficient (Wildman–Crippen LogP) is 2.91. The zero-order valence-electron chi connectivity index (χ0n) is 11.1. The number of carboxylic acids is 1. The van der Waals surface area contributed by atoms with E-state index in [2.05, 4.69) is 5.32 Å². The number of nitrogens with one attached hydrogen (secondary N) is 1. The van der Waals surface area contributed by atoms with E-state index in [9.17, 15) is 14.0 Å². The molecule has 0 bridgehead atoms. The Morgan fingerprint density at radius 1 is 1.38 bits per heavy atom. The van der Waals surface area contributed by atoms with Crippen LogP contribution in [0.5, 0.6) is 5.75 Å². The highest BCUT2D eigenvalue weighted by molar-refractivity contribution is 7.12. The van der Waals surface area contributed by atoms with Gasteiger partial charge in [0.15, 0.2) is 6.61 Å². The smallest absolute Gasteiger partial charge is 0.346 e. The maximum atomic E-state index is 13.3. The number of aryl methyl sites for hydroxylation is 1. The number of aromatic carboxylic acids is 1. The molecular weight excluding hydrogens is 297 g/mol. The molecule has 21 heavy (non-hydrogen) atoms. The monoisotopic (exact) mass is 309 g/mol. The fourth-order valence-corrected chi connectivity index (χ4v) is 2.19. The van der Waals surface area contributed by atoms with Gasteiger partial charge in [-0.3, -0.25) is 4.79 Å². The average molecular weight is 309 g/mol. The highest BCUT2D eigenvalue weighted by Gasteiger charge is 2.10. The van der Waals surface area contributed by atoms with E-state index in [-0.39, 0.29) is 11.5 Å². The highest BCUT2D eigenvalue weighted by atomic mass is 32.1. The molecule has 0 aliphatic heterocycles. The van der Waals surface area contributed by atoms with Gasteiger partial charge in [-0.2, -0.15) is 0 Å². The van der Waals surface area contributed by atoms with Crippen LogP contribution >= 0.6 is 11.3 Å². The quantitative estimate of drug-likeness (QED) is 0.890. The minimum atomic E-state index is -1.05. The molecule has 0 atom stereocenters. The van der Waals surface area contributed by atoms with Crippen LogP contribution in [0.15, 0.2) is 29.6 Å². The Balaban J connectivity index is 1.89. The third-order valence-electron chi connectivity index (χ3n) is 2.61. The van der Waals surface area contributed by atoms with E-state index in [1.165, 1.54) is 17.5 Å². The number of hydrogen-bond donors (Lipinski definition) is 2. The second-order valence-electron chi connectivity index (χ2n) is 4.25. The van der Waals surface area contributed by atoms with Crippen molar-refractivity contribution in [3.63, 3.8) is 0 Å². The molecule has 0 fully saturated rings. The summed E-state index contributed by atoms with van der Waals surface area (Å²) in [5.41, 5.74) is 0.826. The summed E-state index contributed by atoms with van der Waals surface area (Å²) >= 11 is 1.01. The van der Waals surface area contributed by atoms with Crippen LogP contribution in [0.4, 0.5) is 10.1 Å². The van der Waals surface area contributed by atoms with Crippen LogP contribution in [0.1, 0.15) is 15.2 Å². The molecule has 2 N–H and O–H groups in total. The van der Waals surface area contributed by atoms with E-state index < -0.39 is 17.7 Å². The Morgan fingerprint density at radius 3 is 2.76 bits per heavy atom. The lowest BCUT2D eigenvalue weighted by Crippen LogP contribution is -2.20. The molecule has 0 radical (unpaired) electrons. The van der Waals surface area contributed by atoms with Crippen molar-refractivity contribution in [1.82, 2.24) is 0 Å². The van der Waals surface area contributed by atoms with Crippen molar-refractivity contribution in [2.75, 3.05) is 11.9 Å². The summed E-state index contributed by atoms with van der Waals surface area (Å²) < 4.78 is 18.5. The van der Waals surface area contributed by atoms with Crippen LogP contribution in [0.3, 0.4) is 0 Å². The van der Waals surface area contributed by atoms with Gasteiger partial charge in [0.2, 0.25) is 0 Å². The molecule has 0 aliphatic rings. The molecule has 7 heteroatoms. The fraction of sp³-hybridized carbons (Fsp3) is 0.143. The van der Waals surface area contributed by atoms with Crippen LogP contribution < -0.4 is 10.1 Å². The highest BCUT2D eigenvalue weighted by Crippen LogP contribution is 2.21. The Kier molecular flexibility index (Phi) is 4.54. The molecule has 1 aromatic heterocycles. The standard InChI is InChI=1S/C14H12FNO4S/c1-8-2-3-9(4-11(8)15)16-13(17)6-20-10-5-12(14(18)19)21-7-10/h2-5,7H,6H2,1H3,(H,16,17)(H,18,19). The molecule has 1 heterocycles. The van der Waals surface area contributed by atoms with Gasteiger partial charge in [-0.15, -0.1) is 11.3 Å². The number of amides is 1. The molecular formula is C14H12FNO4S. The normalized spacial score (nSPS) is 10.2. The Morgan fingerprint density at radius 2 is 2.14 bits per heavy atom. The van der Waals surface area contributed by atoms with Gasteiger partial charge >= 0.3 is 5.97 Å². The summed E-state index contributed by atoms with van der Waals surface area (Å²) in [5, 5.41) is 12.8. The van der Waals surface area contributed by atoms with Gasteiger partial charge in [-0.1, -0.05) is 6.07 Å². The summed E-state index contributed by atoms with van der Waals surface area (Å²) in [4.78, 5) is 22.5. The molecule has 0 spiro atoms. The van der Waals surface area contributed by atoms with Crippen molar-refractivity contribution in [3.05, 3.63) is 45.9 Å². The van der Waals surface area contributed by atoms with Gasteiger partial charge in [0.1, 0.15) is 16.4 Å². The zero-order chi connectivity index (χ0) is 15.4. The molecule has 0 unspecified atom stereocenters. The molecule has 1 aromatic carbocycles. The number of rotatable bonds is 5. The third kappa shape index (κ3) is 4.03. The Bertz CT molecular complexity index is 683. The molecule has 0 aliphatic carbocycles. The molecule has 5 nitrogen and oxygen atoms in total. The molecule has 2 aromatic rings. The van der Waals surface area contributed by atoms with Crippen LogP contribution in [0.25, 0.3) is 0 Å². The van der Waals surface area contributed by atoms with E-state index in [4.69, 9.17) is 9.84 Å². The van der Waals surface area contributed by atoms with Crippen LogP contribution in [-0.2, 0) is 4.79 Å². The summed E-state index contributed by atoms with van der Waals surface area (Å²) in [6, 6.07) is 5.71. The summed E-state index contributed by atoms with van der Waals surface area (Å²) in [7, 11) is 0. The van der Waals surface area contributed by atoms with Crippen LogP contribution in [0.2, 0.25) is 0 Å². The second-order valence-corrected chi connectivity index (χ2v) is 5.16. The lowest BCUT2D eigenvalue weighted by atomic mass is 10.2. The van der Waals surface area contributed by atoms with Gasteiger partial charge in [0.05, 0.1) is 0 Å². The Labute approximate surface area is 124 Å². The molecule has 0 saturated carbocycles. The Hall–Kier alpha value is -2.41. The van der Waals surface area contributed by atoms with Crippen molar-refractivity contribution >= 4 is 28.9 Å². The van der Waals surface area contributed by atoms with E-state index in [0.717, 1.165) is 11.3 Å². The molecule has 0 saturated heterocycles. The van der Waals surface area contributed by atoms with Gasteiger partial charge < -0.3 is 15.2 Å². The maximum absolute atomic E-state index is 13.3. The van der Waals surface area contributed by atoms with E-state index >= 15 is 0 Å². The lowest BCUT2D eigenvalue weighted by molar-refractivity contribution is -0.118. The van der Waals surface area contributed by atoms with Crippen molar-refractivity contribution in [3.8, 4) is 5.75 Å². The number of benzene rings is 1. The van der Waals surface area contributed by atoms with Crippen molar-refractivity contribution < 1.29 is 23.8 Å². The van der Waals surface area contributed by atoms with Crippen molar-refractivity contribution in [1.29, 1.82) is 0 Å². The first-order valence-corrected chi connectivity index (χ1v) is 6.84. The summed E-state index contributed by atoms with van der Waals surface area (Å²) in [5.74, 6) is -1.60. The first kappa shape index (κ1) is 15.0. The summed E-state index contributed by atoms with van der Waals surface area (Å²) in [6.07, 6.45) is 0. The molecule has 1 amide bonds. The first-order chi connectivity index (χ1) is 9.95. The minimum Gasteiger partial charge on any atom is -0.483 e. The van der Waals surface area contributed by atoms with Crippen LogP contribution in [-0.4, -0.2) is 23.6 Å². The number of thiophene rings is 1. The number of hydrogen-bond acceptors (Lipinski definition) is 4. The number of halogens is 1. The predicted molar refractivity (Wildman–Crippen MR) is 76.5 cm³/mol. The second kappa shape index (κ2) is 6.36. The SMILES string of the molecule is Cc1ccc(NC(=O)COc2csc(C(=O)O)c2)cc1F. The largest absolute Gasteiger partial charge is 0.483 e. The fourth-order valence-electron chi connectivity index (χ4n) is 1.52. The number of carbonyl (C=O) groups excluding carboxylic acids is 1. The van der Waals surface area contributed by atoms with E-state index in [1.807, 2.05) is 0 Å². The van der Waals surface area contributed by atoms with Gasteiger partial charge in [0, 0.05) is 17.1 Å².